The number of nitrogens with one attached hydrogen (secondary N) is 1. The van der Waals surface area contributed by atoms with Gasteiger partial charge in [-0.3, -0.25) is 4.79 Å². The number of rotatable bonds is 6. The van der Waals surface area contributed by atoms with Crippen molar-refractivity contribution in [3.63, 3.8) is 0 Å². The second-order valence-corrected chi connectivity index (χ2v) is 5.58. The molecule has 2 N–H and O–H groups in total. The zero-order valence-corrected chi connectivity index (χ0v) is 12.1. The first-order chi connectivity index (χ1) is 9.02. The highest BCUT2D eigenvalue weighted by Gasteiger charge is 2.39. The number of nitrogens with zero attached hydrogens (tertiary/aromatic N) is 1. The van der Waals surface area contributed by atoms with Crippen LogP contribution in [0.1, 0.15) is 51.9 Å². The highest BCUT2D eigenvalue weighted by Crippen LogP contribution is 2.35. The standard InChI is InChI=1S/C14H26N2O3/c1-3-4-10-16(2)13(19)15-11-14(12(17)18)8-6-5-7-9-14/h3-11H2,1-2H3,(H,15,19)(H,17,18). The van der Waals surface area contributed by atoms with Gasteiger partial charge in [-0.2, -0.15) is 0 Å². The summed E-state index contributed by atoms with van der Waals surface area (Å²) >= 11 is 0. The van der Waals surface area contributed by atoms with E-state index in [9.17, 15) is 14.7 Å². The second-order valence-electron chi connectivity index (χ2n) is 5.58. The van der Waals surface area contributed by atoms with Crippen LogP contribution < -0.4 is 5.32 Å². The molecule has 0 atom stereocenters. The average molecular weight is 270 g/mol. The highest BCUT2D eigenvalue weighted by atomic mass is 16.4. The maximum atomic E-state index is 11.9. The third kappa shape index (κ3) is 4.40. The van der Waals surface area contributed by atoms with E-state index in [1.54, 1.807) is 11.9 Å². The van der Waals surface area contributed by atoms with Gasteiger partial charge in [-0.25, -0.2) is 4.79 Å². The van der Waals surface area contributed by atoms with Crippen LogP contribution in [0.4, 0.5) is 4.79 Å². The third-order valence-electron chi connectivity index (χ3n) is 4.04. The summed E-state index contributed by atoms with van der Waals surface area (Å²) in [7, 11) is 1.75. The summed E-state index contributed by atoms with van der Waals surface area (Å²) in [5.74, 6) is -0.774. The molecule has 0 radical (unpaired) electrons. The number of hydrogen-bond acceptors (Lipinski definition) is 2. The van der Waals surface area contributed by atoms with Crippen molar-refractivity contribution in [1.82, 2.24) is 10.2 Å². The first-order valence-electron chi connectivity index (χ1n) is 7.24. The minimum atomic E-state index is -0.774. The monoisotopic (exact) mass is 270 g/mol. The molecule has 0 aromatic rings. The number of carboxylic acid groups (broad SMARTS) is 1. The Kier molecular flexibility index (Phi) is 6.12. The van der Waals surface area contributed by atoms with E-state index in [4.69, 9.17) is 0 Å². The average Bonchev–Trinajstić information content (AvgIpc) is 2.42. The van der Waals surface area contributed by atoms with Gasteiger partial charge in [0.2, 0.25) is 0 Å². The molecule has 1 saturated carbocycles. The van der Waals surface area contributed by atoms with Crippen molar-refractivity contribution in [3.05, 3.63) is 0 Å². The number of urea groups is 1. The molecule has 19 heavy (non-hydrogen) atoms. The fourth-order valence-corrected chi connectivity index (χ4v) is 2.57. The maximum Gasteiger partial charge on any atom is 0.317 e. The van der Waals surface area contributed by atoms with Crippen LogP contribution in [0.3, 0.4) is 0 Å². The van der Waals surface area contributed by atoms with Crippen LogP contribution in [0.25, 0.3) is 0 Å². The van der Waals surface area contributed by atoms with Crippen LogP contribution >= 0.6 is 0 Å². The lowest BCUT2D eigenvalue weighted by Crippen LogP contribution is -2.47. The van der Waals surface area contributed by atoms with Crippen molar-refractivity contribution in [3.8, 4) is 0 Å². The predicted molar refractivity (Wildman–Crippen MR) is 74.1 cm³/mol. The van der Waals surface area contributed by atoms with Crippen molar-refractivity contribution in [1.29, 1.82) is 0 Å². The fraction of sp³-hybridized carbons (Fsp3) is 0.857. The van der Waals surface area contributed by atoms with E-state index in [1.165, 1.54) is 0 Å². The van der Waals surface area contributed by atoms with E-state index in [-0.39, 0.29) is 12.6 Å². The summed E-state index contributed by atoms with van der Waals surface area (Å²) in [6.07, 6.45) is 6.31. The molecule has 110 valence electrons. The largest absolute Gasteiger partial charge is 0.481 e. The molecule has 2 amide bonds. The van der Waals surface area contributed by atoms with Crippen LogP contribution in [-0.2, 0) is 4.79 Å². The number of carbonyl (C=O) groups is 2. The topological polar surface area (TPSA) is 69.6 Å². The lowest BCUT2D eigenvalue weighted by Gasteiger charge is -2.33. The normalized spacial score (nSPS) is 17.8. The van der Waals surface area contributed by atoms with E-state index in [2.05, 4.69) is 12.2 Å². The molecule has 1 rings (SSSR count). The molecule has 1 aliphatic rings. The number of carbonyl (C=O) groups excluding carboxylic acids is 1. The van der Waals surface area contributed by atoms with Crippen LogP contribution in [0, 0.1) is 5.41 Å². The summed E-state index contributed by atoms with van der Waals surface area (Å²) in [6.45, 7) is 3.03. The lowest BCUT2D eigenvalue weighted by atomic mass is 9.74. The summed E-state index contributed by atoms with van der Waals surface area (Å²) < 4.78 is 0. The Balaban J connectivity index is 2.48. The molecular formula is C14H26N2O3. The van der Waals surface area contributed by atoms with E-state index >= 15 is 0 Å². The number of unbranched alkanes of at least 4 members (excludes halogenated alkanes) is 1. The molecule has 1 aliphatic carbocycles. The van der Waals surface area contributed by atoms with Crippen molar-refractivity contribution in [2.24, 2.45) is 5.41 Å². The molecule has 0 saturated heterocycles. The zero-order valence-electron chi connectivity index (χ0n) is 12.1. The van der Waals surface area contributed by atoms with E-state index < -0.39 is 11.4 Å². The van der Waals surface area contributed by atoms with E-state index in [0.717, 1.165) is 32.1 Å². The molecule has 5 nitrogen and oxygen atoms in total. The number of hydrogen-bond donors (Lipinski definition) is 2. The Morgan fingerprint density at radius 3 is 2.42 bits per heavy atom. The van der Waals surface area contributed by atoms with E-state index in [0.29, 0.717) is 19.4 Å². The Bertz CT molecular complexity index is 312. The van der Waals surface area contributed by atoms with Gasteiger partial charge in [0.15, 0.2) is 0 Å². The maximum absolute atomic E-state index is 11.9. The van der Waals surface area contributed by atoms with Crippen LogP contribution in [-0.4, -0.2) is 42.1 Å². The van der Waals surface area contributed by atoms with Gasteiger partial charge in [0.1, 0.15) is 0 Å². The van der Waals surface area contributed by atoms with Gasteiger partial charge < -0.3 is 15.3 Å². The summed E-state index contributed by atoms with van der Waals surface area (Å²) in [6, 6.07) is -0.167. The van der Waals surface area contributed by atoms with Gasteiger partial charge in [0.25, 0.3) is 0 Å². The van der Waals surface area contributed by atoms with E-state index in [1.807, 2.05) is 0 Å². The van der Waals surface area contributed by atoms with Gasteiger partial charge in [0, 0.05) is 20.1 Å². The molecule has 0 aliphatic heterocycles. The quantitative estimate of drug-likeness (QED) is 0.779. The molecular weight excluding hydrogens is 244 g/mol. The summed E-state index contributed by atoms with van der Waals surface area (Å²) in [5.41, 5.74) is -0.750. The molecule has 5 heteroatoms. The lowest BCUT2D eigenvalue weighted by molar-refractivity contribution is -0.150. The summed E-state index contributed by atoms with van der Waals surface area (Å²) in [4.78, 5) is 25.0. The van der Waals surface area contributed by atoms with Crippen LogP contribution in [0.5, 0.6) is 0 Å². The Hall–Kier alpha value is -1.26. The van der Waals surface area contributed by atoms with Crippen molar-refractivity contribution in [2.45, 2.75) is 51.9 Å². The zero-order chi connectivity index (χ0) is 14.3. The van der Waals surface area contributed by atoms with Crippen LogP contribution in [0.15, 0.2) is 0 Å². The van der Waals surface area contributed by atoms with Gasteiger partial charge in [-0.05, 0) is 19.3 Å². The Labute approximate surface area is 115 Å². The molecule has 0 heterocycles. The number of carboxylic acids is 1. The Morgan fingerprint density at radius 2 is 1.89 bits per heavy atom. The minimum absolute atomic E-state index is 0.167. The molecule has 0 unspecified atom stereocenters. The SMILES string of the molecule is CCCCN(C)C(=O)NCC1(C(=O)O)CCCCC1. The molecule has 1 fully saturated rings. The highest BCUT2D eigenvalue weighted by molar-refractivity contribution is 5.78. The Morgan fingerprint density at radius 1 is 1.26 bits per heavy atom. The van der Waals surface area contributed by atoms with Crippen molar-refractivity contribution < 1.29 is 14.7 Å². The number of amides is 2. The molecule has 0 aromatic heterocycles. The molecule has 0 bridgehead atoms. The van der Waals surface area contributed by atoms with Crippen molar-refractivity contribution >= 4 is 12.0 Å². The first kappa shape index (κ1) is 15.8. The van der Waals surface area contributed by atoms with Gasteiger partial charge in [-0.1, -0.05) is 32.6 Å². The molecule has 0 spiro atoms. The smallest absolute Gasteiger partial charge is 0.317 e. The number of aliphatic carboxylic acids is 1. The summed E-state index contributed by atoms with van der Waals surface area (Å²) in [5, 5.41) is 12.2. The van der Waals surface area contributed by atoms with Gasteiger partial charge >= 0.3 is 12.0 Å². The first-order valence-corrected chi connectivity index (χ1v) is 7.24. The molecule has 0 aromatic carbocycles. The minimum Gasteiger partial charge on any atom is -0.481 e. The van der Waals surface area contributed by atoms with Gasteiger partial charge in [-0.15, -0.1) is 0 Å². The van der Waals surface area contributed by atoms with Crippen molar-refractivity contribution in [2.75, 3.05) is 20.1 Å². The fourth-order valence-electron chi connectivity index (χ4n) is 2.57. The van der Waals surface area contributed by atoms with Crippen LogP contribution in [0.2, 0.25) is 0 Å². The third-order valence-corrected chi connectivity index (χ3v) is 4.04. The predicted octanol–water partition coefficient (Wildman–Crippen LogP) is 2.46. The van der Waals surface area contributed by atoms with Gasteiger partial charge in [0.05, 0.1) is 5.41 Å². The second kappa shape index (κ2) is 7.36.